The highest BCUT2D eigenvalue weighted by Crippen LogP contribution is 2.12. The van der Waals surface area contributed by atoms with E-state index in [-0.39, 0.29) is 18.6 Å². The van der Waals surface area contributed by atoms with Crippen molar-refractivity contribution in [1.82, 2.24) is 10.9 Å². The molecule has 2 aromatic heterocycles. The van der Waals surface area contributed by atoms with E-state index in [4.69, 9.17) is 4.74 Å². The zero-order valence-corrected chi connectivity index (χ0v) is 14.1. The smallest absolute Gasteiger partial charge is 0.306 e. The first-order chi connectivity index (χ1) is 11.6. The van der Waals surface area contributed by atoms with Gasteiger partial charge in [0.2, 0.25) is 0 Å². The van der Waals surface area contributed by atoms with Crippen LogP contribution in [-0.4, -0.2) is 30.2 Å². The maximum atomic E-state index is 11.7. The van der Waals surface area contributed by atoms with Crippen molar-refractivity contribution in [3.8, 4) is 0 Å². The number of esters is 1. The molecule has 0 saturated heterocycles. The lowest BCUT2D eigenvalue weighted by Crippen LogP contribution is -2.43. The van der Waals surface area contributed by atoms with Crippen molar-refractivity contribution < 1.29 is 23.9 Å². The van der Waals surface area contributed by atoms with Gasteiger partial charge in [-0.25, -0.2) is 0 Å². The number of ether oxygens (including phenoxy) is 1. The van der Waals surface area contributed by atoms with Crippen LogP contribution in [0.25, 0.3) is 0 Å². The molecule has 0 bridgehead atoms. The first kappa shape index (κ1) is 17.8. The van der Waals surface area contributed by atoms with E-state index >= 15 is 0 Å². The molecule has 0 spiro atoms. The second-order valence-corrected chi connectivity index (χ2v) is 6.44. The summed E-state index contributed by atoms with van der Waals surface area (Å²) in [7, 11) is 0. The normalized spacial score (nSPS) is 10.0. The molecule has 2 amide bonds. The summed E-state index contributed by atoms with van der Waals surface area (Å²) in [5.74, 6) is -1.92. The molecular weight excluding hydrogens is 352 g/mol. The lowest BCUT2D eigenvalue weighted by molar-refractivity contribution is -0.148. The van der Waals surface area contributed by atoms with Crippen molar-refractivity contribution in [2.45, 2.75) is 12.8 Å². The number of carbonyl (C=O) groups excluding carboxylic acids is 4. The van der Waals surface area contributed by atoms with Crippen LogP contribution in [0.5, 0.6) is 0 Å². The van der Waals surface area contributed by atoms with Gasteiger partial charge in [-0.2, -0.15) is 0 Å². The van der Waals surface area contributed by atoms with Gasteiger partial charge in [0.05, 0.1) is 16.2 Å². The van der Waals surface area contributed by atoms with E-state index in [1.165, 1.54) is 22.7 Å². The molecule has 2 rings (SSSR count). The fraction of sp³-hybridized carbons (Fsp3) is 0.200. The highest BCUT2D eigenvalue weighted by atomic mass is 32.1. The van der Waals surface area contributed by atoms with Gasteiger partial charge in [-0.3, -0.25) is 30.0 Å². The fourth-order valence-corrected chi connectivity index (χ4v) is 2.94. The molecule has 0 aliphatic carbocycles. The highest BCUT2D eigenvalue weighted by Gasteiger charge is 2.13. The minimum atomic E-state index is -0.669. The third-order valence-electron chi connectivity index (χ3n) is 2.78. The summed E-state index contributed by atoms with van der Waals surface area (Å²) >= 11 is 2.53. The molecule has 24 heavy (non-hydrogen) atoms. The molecule has 126 valence electrons. The third kappa shape index (κ3) is 5.60. The zero-order valence-electron chi connectivity index (χ0n) is 12.4. The summed E-state index contributed by atoms with van der Waals surface area (Å²) in [4.78, 5) is 47.3. The van der Waals surface area contributed by atoms with Crippen LogP contribution in [-0.2, 0) is 14.3 Å². The van der Waals surface area contributed by atoms with Gasteiger partial charge >= 0.3 is 5.97 Å². The van der Waals surface area contributed by atoms with E-state index in [0.29, 0.717) is 9.75 Å². The van der Waals surface area contributed by atoms with Crippen molar-refractivity contribution in [1.29, 1.82) is 0 Å². The van der Waals surface area contributed by atoms with Gasteiger partial charge in [0, 0.05) is 6.42 Å². The SMILES string of the molecule is O=C(COC(=O)CCC(=O)c1cccs1)NNC(=O)c1cccs1. The van der Waals surface area contributed by atoms with Crippen molar-refractivity contribution in [3.63, 3.8) is 0 Å². The molecule has 7 nitrogen and oxygen atoms in total. The molecule has 0 radical (unpaired) electrons. The van der Waals surface area contributed by atoms with Crippen LogP contribution in [0, 0.1) is 0 Å². The molecule has 2 aromatic rings. The maximum absolute atomic E-state index is 11.7. The lowest BCUT2D eigenvalue weighted by Gasteiger charge is -2.07. The van der Waals surface area contributed by atoms with E-state index < -0.39 is 24.4 Å². The predicted molar refractivity (Wildman–Crippen MR) is 88.8 cm³/mol. The number of hydrazine groups is 1. The molecule has 2 N–H and O–H groups in total. The minimum Gasteiger partial charge on any atom is -0.455 e. The summed E-state index contributed by atoms with van der Waals surface area (Å²) < 4.78 is 4.75. The van der Waals surface area contributed by atoms with E-state index in [0.717, 1.165) is 0 Å². The number of hydrogen-bond donors (Lipinski definition) is 2. The highest BCUT2D eigenvalue weighted by molar-refractivity contribution is 7.12. The van der Waals surface area contributed by atoms with E-state index in [1.807, 2.05) is 0 Å². The van der Waals surface area contributed by atoms with Gasteiger partial charge in [-0.15, -0.1) is 22.7 Å². The Kier molecular flexibility index (Phi) is 6.64. The monoisotopic (exact) mass is 366 g/mol. The number of carbonyl (C=O) groups is 4. The quantitative estimate of drug-likeness (QED) is 0.442. The van der Waals surface area contributed by atoms with Crippen LogP contribution in [0.3, 0.4) is 0 Å². The lowest BCUT2D eigenvalue weighted by atomic mass is 10.2. The molecule has 0 aliphatic rings. The number of rotatable bonds is 7. The van der Waals surface area contributed by atoms with Gasteiger partial charge in [-0.05, 0) is 22.9 Å². The molecule has 0 unspecified atom stereocenters. The molecule has 0 saturated carbocycles. The van der Waals surface area contributed by atoms with Crippen molar-refractivity contribution in [2.24, 2.45) is 0 Å². The predicted octanol–water partition coefficient (Wildman–Crippen LogP) is 1.78. The molecule has 0 aliphatic heterocycles. The van der Waals surface area contributed by atoms with E-state index in [9.17, 15) is 19.2 Å². The van der Waals surface area contributed by atoms with Crippen LogP contribution in [0.15, 0.2) is 35.0 Å². The van der Waals surface area contributed by atoms with Crippen molar-refractivity contribution >= 4 is 46.2 Å². The first-order valence-electron chi connectivity index (χ1n) is 6.91. The Balaban J connectivity index is 1.61. The fourth-order valence-electron chi connectivity index (χ4n) is 1.63. The Morgan fingerprint density at radius 3 is 2.21 bits per heavy atom. The van der Waals surface area contributed by atoms with Crippen molar-refractivity contribution in [2.75, 3.05) is 6.61 Å². The number of Topliss-reactive ketones (excluding diaryl/α,β-unsaturated/α-hetero) is 1. The minimum absolute atomic E-state index is 0.0239. The number of thiophene rings is 2. The van der Waals surface area contributed by atoms with Crippen LogP contribution in [0.4, 0.5) is 0 Å². The average molecular weight is 366 g/mol. The molecular formula is C15H14N2O5S2. The van der Waals surface area contributed by atoms with Gasteiger partial charge in [0.1, 0.15) is 0 Å². The summed E-state index contributed by atoms with van der Waals surface area (Å²) in [6.07, 6.45) is -0.0817. The second kappa shape index (κ2) is 8.94. The summed E-state index contributed by atoms with van der Waals surface area (Å²) in [5.41, 5.74) is 4.34. The standard InChI is InChI=1S/C15H14N2O5S2/c18-10(11-3-1-7-23-11)5-6-14(20)22-9-13(19)16-17-15(21)12-4-2-8-24-12/h1-4,7-8H,5-6,9H2,(H,16,19)(H,17,21). The summed E-state index contributed by atoms with van der Waals surface area (Å²) in [6.45, 7) is -0.531. The van der Waals surface area contributed by atoms with E-state index in [1.54, 1.807) is 35.0 Å². The van der Waals surface area contributed by atoms with Gasteiger partial charge in [-0.1, -0.05) is 12.1 Å². The Morgan fingerprint density at radius 2 is 1.58 bits per heavy atom. The third-order valence-corrected chi connectivity index (χ3v) is 4.56. The molecule has 9 heteroatoms. The molecule has 0 fully saturated rings. The first-order valence-corrected chi connectivity index (χ1v) is 8.67. The number of ketones is 1. The second-order valence-electron chi connectivity index (χ2n) is 4.54. The van der Waals surface area contributed by atoms with Crippen LogP contribution in [0.2, 0.25) is 0 Å². The van der Waals surface area contributed by atoms with Crippen molar-refractivity contribution in [3.05, 3.63) is 44.8 Å². The topological polar surface area (TPSA) is 102 Å². The number of amides is 2. The number of hydrogen-bond acceptors (Lipinski definition) is 7. The Bertz CT molecular complexity index is 648. The maximum Gasteiger partial charge on any atom is 0.306 e. The van der Waals surface area contributed by atoms with Crippen LogP contribution >= 0.6 is 22.7 Å². The number of nitrogens with one attached hydrogen (secondary N) is 2. The zero-order chi connectivity index (χ0) is 17.4. The van der Waals surface area contributed by atoms with Crippen LogP contribution < -0.4 is 10.9 Å². The van der Waals surface area contributed by atoms with Crippen LogP contribution in [0.1, 0.15) is 32.2 Å². The Hall–Kier alpha value is -2.52. The average Bonchev–Trinajstić information content (AvgIpc) is 3.28. The molecule has 2 heterocycles. The summed E-state index contributed by atoms with van der Waals surface area (Å²) in [6, 6.07) is 6.75. The Labute approximate surface area is 145 Å². The molecule has 0 atom stereocenters. The van der Waals surface area contributed by atoms with E-state index in [2.05, 4.69) is 10.9 Å². The van der Waals surface area contributed by atoms with Gasteiger partial charge < -0.3 is 4.74 Å². The Morgan fingerprint density at radius 1 is 0.917 bits per heavy atom. The summed E-state index contributed by atoms with van der Waals surface area (Å²) in [5, 5.41) is 3.51. The molecule has 0 aromatic carbocycles. The van der Waals surface area contributed by atoms with Gasteiger partial charge in [0.15, 0.2) is 12.4 Å². The van der Waals surface area contributed by atoms with Gasteiger partial charge in [0.25, 0.3) is 11.8 Å². The largest absolute Gasteiger partial charge is 0.455 e.